The van der Waals surface area contributed by atoms with Gasteiger partial charge in [-0.05, 0) is 44.9 Å². The number of hydrogen-bond donors (Lipinski definition) is 0. The lowest BCUT2D eigenvalue weighted by atomic mass is 10.0. The molecule has 0 aliphatic rings. The molecule has 0 bridgehead atoms. The van der Waals surface area contributed by atoms with E-state index < -0.39 is 0 Å². The number of carbonyl (C=O) groups excluding carboxylic acids is 1. The third kappa shape index (κ3) is 1.79. The van der Waals surface area contributed by atoms with E-state index in [2.05, 4.69) is 37.9 Å². The normalized spacial score (nSPS) is 11.2. The van der Waals surface area contributed by atoms with Crippen molar-refractivity contribution in [3.05, 3.63) is 45.6 Å². The van der Waals surface area contributed by atoms with Crippen LogP contribution in [-0.2, 0) is 0 Å². The fraction of sp³-hybridized carbons (Fsp3) is 0.250. The summed E-state index contributed by atoms with van der Waals surface area (Å²) >= 11 is 1.62. The first-order valence-corrected chi connectivity index (χ1v) is 7.36. The fourth-order valence-electron chi connectivity index (χ4n) is 2.38. The molecule has 0 saturated heterocycles. The number of hydrogen-bond acceptors (Lipinski definition) is 3. The van der Waals surface area contributed by atoms with Crippen molar-refractivity contribution < 1.29 is 4.79 Å². The molecule has 2 aromatic heterocycles. The van der Waals surface area contributed by atoms with Crippen LogP contribution in [0.25, 0.3) is 16.2 Å². The van der Waals surface area contributed by atoms with Crippen molar-refractivity contribution in [3.63, 3.8) is 0 Å². The van der Waals surface area contributed by atoms with Crippen LogP contribution in [0.15, 0.2) is 18.2 Å². The summed E-state index contributed by atoms with van der Waals surface area (Å²) in [5, 5.41) is 0. The number of thiazole rings is 1. The van der Waals surface area contributed by atoms with Gasteiger partial charge in [-0.2, -0.15) is 0 Å². The Labute approximate surface area is 121 Å². The molecule has 102 valence electrons. The van der Waals surface area contributed by atoms with E-state index in [0.717, 1.165) is 28.2 Å². The maximum absolute atomic E-state index is 11.5. The molecule has 0 atom stereocenters. The van der Waals surface area contributed by atoms with Crippen LogP contribution in [-0.4, -0.2) is 15.7 Å². The molecule has 0 radical (unpaired) electrons. The number of benzene rings is 1. The monoisotopic (exact) mass is 284 g/mol. The Morgan fingerprint density at radius 3 is 2.55 bits per heavy atom. The average Bonchev–Trinajstić information content (AvgIpc) is 2.91. The van der Waals surface area contributed by atoms with E-state index >= 15 is 0 Å². The summed E-state index contributed by atoms with van der Waals surface area (Å²) in [6.07, 6.45) is 0.906. The third-order valence-corrected chi connectivity index (χ3v) is 4.92. The highest BCUT2D eigenvalue weighted by Gasteiger charge is 2.18. The lowest BCUT2D eigenvalue weighted by Crippen LogP contribution is -1.94. The van der Waals surface area contributed by atoms with Crippen molar-refractivity contribution in [2.24, 2.45) is 0 Å². The van der Waals surface area contributed by atoms with E-state index in [1.54, 1.807) is 11.3 Å². The maximum Gasteiger partial charge on any atom is 0.195 e. The van der Waals surface area contributed by atoms with Gasteiger partial charge in [0.25, 0.3) is 0 Å². The van der Waals surface area contributed by atoms with Gasteiger partial charge in [-0.1, -0.05) is 12.1 Å². The van der Waals surface area contributed by atoms with Crippen LogP contribution >= 0.6 is 11.3 Å². The average molecular weight is 284 g/mol. The molecular weight excluding hydrogens is 268 g/mol. The van der Waals surface area contributed by atoms with Crippen LogP contribution in [0.1, 0.15) is 32.2 Å². The highest BCUT2D eigenvalue weighted by Crippen LogP contribution is 2.30. The molecule has 0 unspecified atom stereocenters. The lowest BCUT2D eigenvalue weighted by molar-refractivity contribution is 0.111. The zero-order valence-electron chi connectivity index (χ0n) is 12.0. The Morgan fingerprint density at radius 1 is 1.15 bits per heavy atom. The predicted molar refractivity (Wildman–Crippen MR) is 82.8 cm³/mol. The van der Waals surface area contributed by atoms with Gasteiger partial charge < -0.3 is 0 Å². The zero-order chi connectivity index (χ0) is 14.4. The number of aldehydes is 1. The third-order valence-electron chi connectivity index (χ3n) is 3.86. The Balaban J connectivity index is 2.30. The first-order chi connectivity index (χ1) is 9.52. The summed E-state index contributed by atoms with van der Waals surface area (Å²) in [6.45, 7) is 8.24. The highest BCUT2D eigenvalue weighted by atomic mass is 32.1. The summed E-state index contributed by atoms with van der Waals surface area (Å²) in [7, 11) is 0. The van der Waals surface area contributed by atoms with Gasteiger partial charge in [-0.3, -0.25) is 9.20 Å². The molecule has 0 N–H and O–H groups in total. The van der Waals surface area contributed by atoms with Gasteiger partial charge >= 0.3 is 0 Å². The topological polar surface area (TPSA) is 34.4 Å². The van der Waals surface area contributed by atoms with E-state index in [9.17, 15) is 4.79 Å². The molecule has 3 aromatic rings. The number of carbonyl (C=O) groups is 1. The Bertz CT molecular complexity index is 827. The van der Waals surface area contributed by atoms with Crippen molar-refractivity contribution in [2.45, 2.75) is 27.7 Å². The smallest absolute Gasteiger partial charge is 0.195 e. The molecule has 3 rings (SSSR count). The maximum atomic E-state index is 11.5. The highest BCUT2D eigenvalue weighted by molar-refractivity contribution is 7.17. The van der Waals surface area contributed by atoms with E-state index in [1.165, 1.54) is 16.0 Å². The summed E-state index contributed by atoms with van der Waals surface area (Å²) in [5.41, 5.74) is 5.97. The second-order valence-electron chi connectivity index (χ2n) is 5.12. The predicted octanol–water partition coefficient (Wildman–Crippen LogP) is 4.11. The number of nitrogens with zero attached hydrogens (tertiary/aromatic N) is 2. The minimum absolute atomic E-state index is 0.644. The van der Waals surface area contributed by atoms with Gasteiger partial charge in [0.05, 0.1) is 0 Å². The molecule has 4 heteroatoms. The first kappa shape index (κ1) is 13.1. The minimum Gasteiger partial charge on any atom is -0.296 e. The Kier molecular flexibility index (Phi) is 2.98. The number of aromatic nitrogens is 2. The molecule has 20 heavy (non-hydrogen) atoms. The van der Waals surface area contributed by atoms with Crippen LogP contribution in [0.5, 0.6) is 0 Å². The molecule has 0 fully saturated rings. The molecular formula is C16H16N2OS. The molecule has 2 heterocycles. The van der Waals surface area contributed by atoms with Crippen molar-refractivity contribution in [2.75, 3.05) is 0 Å². The Morgan fingerprint density at radius 2 is 1.90 bits per heavy atom. The van der Waals surface area contributed by atoms with Crippen molar-refractivity contribution in [1.82, 2.24) is 9.38 Å². The van der Waals surface area contributed by atoms with E-state index in [1.807, 2.05) is 17.4 Å². The fourth-order valence-corrected chi connectivity index (χ4v) is 3.36. The molecule has 3 nitrogen and oxygen atoms in total. The summed E-state index contributed by atoms with van der Waals surface area (Å²) in [4.78, 5) is 18.3. The van der Waals surface area contributed by atoms with Gasteiger partial charge in [-0.15, -0.1) is 11.3 Å². The van der Waals surface area contributed by atoms with E-state index in [0.29, 0.717) is 5.69 Å². The van der Waals surface area contributed by atoms with Gasteiger partial charge in [0.15, 0.2) is 11.2 Å². The number of imidazole rings is 1. The Hall–Kier alpha value is -1.94. The standard InChI is InChI=1S/C16H16N2OS/c1-9-5-6-13(7-10(9)2)15-14(8-19)18-11(3)12(4)20-16(18)17-15/h5-8H,1-4H3. The van der Waals surface area contributed by atoms with E-state index in [-0.39, 0.29) is 0 Å². The van der Waals surface area contributed by atoms with Gasteiger partial charge in [0.1, 0.15) is 11.4 Å². The molecule has 0 aliphatic carbocycles. The number of rotatable bonds is 2. The number of aryl methyl sites for hydroxylation is 4. The van der Waals surface area contributed by atoms with Crippen molar-refractivity contribution >= 4 is 22.6 Å². The van der Waals surface area contributed by atoms with E-state index in [4.69, 9.17) is 0 Å². The van der Waals surface area contributed by atoms with Gasteiger partial charge in [-0.25, -0.2) is 4.98 Å². The minimum atomic E-state index is 0.644. The zero-order valence-corrected chi connectivity index (χ0v) is 12.8. The summed E-state index contributed by atoms with van der Waals surface area (Å²) in [5.74, 6) is 0. The molecule has 1 aromatic carbocycles. The van der Waals surface area contributed by atoms with Crippen LogP contribution in [0.2, 0.25) is 0 Å². The molecule has 0 spiro atoms. The van der Waals surface area contributed by atoms with Gasteiger partial charge in [0.2, 0.25) is 0 Å². The van der Waals surface area contributed by atoms with Crippen molar-refractivity contribution in [1.29, 1.82) is 0 Å². The van der Waals surface area contributed by atoms with Crippen LogP contribution in [0.4, 0.5) is 0 Å². The second-order valence-corrected chi connectivity index (χ2v) is 6.31. The second kappa shape index (κ2) is 4.56. The van der Waals surface area contributed by atoms with Crippen molar-refractivity contribution in [3.8, 4) is 11.3 Å². The van der Waals surface area contributed by atoms with Crippen LogP contribution in [0, 0.1) is 27.7 Å². The summed E-state index contributed by atoms with van der Waals surface area (Å²) in [6, 6.07) is 6.20. The molecule has 0 aliphatic heterocycles. The van der Waals surface area contributed by atoms with Crippen LogP contribution in [0.3, 0.4) is 0 Å². The SMILES string of the molecule is Cc1ccc(-c2nc3sc(C)c(C)n3c2C=O)cc1C. The largest absolute Gasteiger partial charge is 0.296 e. The molecule has 0 saturated carbocycles. The van der Waals surface area contributed by atoms with Crippen LogP contribution < -0.4 is 0 Å². The quantitative estimate of drug-likeness (QED) is 0.664. The number of fused-ring (bicyclic) bond motifs is 1. The first-order valence-electron chi connectivity index (χ1n) is 6.54. The van der Waals surface area contributed by atoms with Gasteiger partial charge in [0, 0.05) is 16.1 Å². The molecule has 0 amide bonds. The summed E-state index contributed by atoms with van der Waals surface area (Å²) < 4.78 is 1.96. The lowest BCUT2D eigenvalue weighted by Gasteiger charge is -2.04.